The van der Waals surface area contributed by atoms with Gasteiger partial charge in [0.05, 0.1) is 12.1 Å². The zero-order valence-corrected chi connectivity index (χ0v) is 11.7. The molecule has 0 bridgehead atoms. The first kappa shape index (κ1) is 12.8. The Kier molecular flexibility index (Phi) is 3.24. The summed E-state index contributed by atoms with van der Waals surface area (Å²) in [7, 11) is 0. The smallest absolute Gasteiger partial charge is 0.178 e. The standard InChI is InChI=1S/C13H17N7/c1-10(9-14)18-5-7-19(8-6-18)13-4-3-12-16-15-11(2)20(12)17-13/h3-4,10H,5-8H2,1-2H3. The molecule has 20 heavy (non-hydrogen) atoms. The van der Waals surface area contributed by atoms with E-state index in [-0.39, 0.29) is 6.04 Å². The molecule has 1 saturated heterocycles. The monoisotopic (exact) mass is 271 g/mol. The number of hydrogen-bond donors (Lipinski definition) is 0. The van der Waals surface area contributed by atoms with E-state index in [2.05, 4.69) is 31.2 Å². The van der Waals surface area contributed by atoms with Crippen molar-refractivity contribution in [2.45, 2.75) is 19.9 Å². The number of hydrogen-bond acceptors (Lipinski definition) is 6. The third-order valence-corrected chi connectivity index (χ3v) is 3.78. The van der Waals surface area contributed by atoms with Gasteiger partial charge in [0.2, 0.25) is 0 Å². The molecule has 0 N–H and O–H groups in total. The Morgan fingerprint density at radius 3 is 2.65 bits per heavy atom. The normalized spacial score (nSPS) is 18.1. The quantitative estimate of drug-likeness (QED) is 0.790. The maximum absolute atomic E-state index is 8.96. The molecular weight excluding hydrogens is 254 g/mol. The molecule has 2 aromatic heterocycles. The zero-order valence-electron chi connectivity index (χ0n) is 11.7. The average Bonchev–Trinajstić information content (AvgIpc) is 2.87. The van der Waals surface area contributed by atoms with Crippen LogP contribution in [0.5, 0.6) is 0 Å². The highest BCUT2D eigenvalue weighted by Crippen LogP contribution is 2.15. The highest BCUT2D eigenvalue weighted by atomic mass is 15.4. The second-order valence-electron chi connectivity index (χ2n) is 5.04. The Balaban J connectivity index is 1.76. The fourth-order valence-electron chi connectivity index (χ4n) is 2.48. The van der Waals surface area contributed by atoms with Crippen molar-refractivity contribution in [2.75, 3.05) is 31.1 Å². The topological polar surface area (TPSA) is 73.3 Å². The number of fused-ring (bicyclic) bond motifs is 1. The number of rotatable bonds is 2. The zero-order chi connectivity index (χ0) is 14.1. The molecule has 104 valence electrons. The molecule has 1 atom stereocenters. The second-order valence-corrected chi connectivity index (χ2v) is 5.04. The largest absolute Gasteiger partial charge is 0.353 e. The maximum Gasteiger partial charge on any atom is 0.178 e. The summed E-state index contributed by atoms with van der Waals surface area (Å²) < 4.78 is 1.76. The first-order valence-corrected chi connectivity index (χ1v) is 6.77. The second kappa shape index (κ2) is 5.06. The number of nitriles is 1. The molecule has 2 aromatic rings. The molecule has 0 radical (unpaired) electrons. The van der Waals surface area contributed by atoms with Gasteiger partial charge in [0.1, 0.15) is 5.82 Å². The lowest BCUT2D eigenvalue weighted by Gasteiger charge is -2.36. The van der Waals surface area contributed by atoms with Crippen LogP contribution in [-0.2, 0) is 0 Å². The third kappa shape index (κ3) is 2.18. The van der Waals surface area contributed by atoms with E-state index in [4.69, 9.17) is 5.26 Å². The van der Waals surface area contributed by atoms with E-state index >= 15 is 0 Å². The summed E-state index contributed by atoms with van der Waals surface area (Å²) >= 11 is 0. The fourth-order valence-corrected chi connectivity index (χ4v) is 2.48. The number of piperazine rings is 1. The van der Waals surface area contributed by atoms with Crippen LogP contribution in [0.15, 0.2) is 12.1 Å². The van der Waals surface area contributed by atoms with Crippen molar-refractivity contribution < 1.29 is 0 Å². The Labute approximate surface area is 117 Å². The fraction of sp³-hybridized carbons (Fsp3) is 0.538. The Morgan fingerprint density at radius 2 is 1.95 bits per heavy atom. The molecule has 7 nitrogen and oxygen atoms in total. The molecule has 0 saturated carbocycles. The van der Waals surface area contributed by atoms with Crippen LogP contribution < -0.4 is 4.90 Å². The van der Waals surface area contributed by atoms with Crippen molar-refractivity contribution in [3.63, 3.8) is 0 Å². The van der Waals surface area contributed by atoms with Gasteiger partial charge in [0, 0.05) is 26.2 Å². The van der Waals surface area contributed by atoms with Gasteiger partial charge < -0.3 is 4.90 Å². The minimum Gasteiger partial charge on any atom is -0.353 e. The lowest BCUT2D eigenvalue weighted by atomic mass is 10.2. The molecule has 1 unspecified atom stereocenters. The molecule has 1 aliphatic heterocycles. The van der Waals surface area contributed by atoms with Gasteiger partial charge in [-0.15, -0.1) is 15.3 Å². The molecule has 0 aliphatic carbocycles. The van der Waals surface area contributed by atoms with Crippen molar-refractivity contribution in [1.29, 1.82) is 5.26 Å². The predicted octanol–water partition coefficient (Wildman–Crippen LogP) is 0.467. The van der Waals surface area contributed by atoms with Crippen LogP contribution in [0.3, 0.4) is 0 Å². The van der Waals surface area contributed by atoms with Crippen LogP contribution in [-0.4, -0.2) is 56.9 Å². The Morgan fingerprint density at radius 1 is 1.20 bits per heavy atom. The van der Waals surface area contributed by atoms with Crippen molar-refractivity contribution in [2.24, 2.45) is 0 Å². The minimum absolute atomic E-state index is 0.0207. The van der Waals surface area contributed by atoms with Crippen molar-refractivity contribution in [3.05, 3.63) is 18.0 Å². The van der Waals surface area contributed by atoms with Gasteiger partial charge in [-0.05, 0) is 26.0 Å². The molecular formula is C13H17N7. The van der Waals surface area contributed by atoms with Crippen LogP contribution in [0.25, 0.3) is 5.65 Å². The highest BCUT2D eigenvalue weighted by Gasteiger charge is 2.22. The summed E-state index contributed by atoms with van der Waals surface area (Å²) in [6.45, 7) is 7.37. The van der Waals surface area contributed by atoms with E-state index in [1.54, 1.807) is 4.52 Å². The first-order valence-electron chi connectivity index (χ1n) is 6.77. The molecule has 1 aliphatic rings. The molecule has 0 spiro atoms. The number of aryl methyl sites for hydroxylation is 1. The molecule has 3 rings (SSSR count). The summed E-state index contributed by atoms with van der Waals surface area (Å²) in [5.41, 5.74) is 0.767. The third-order valence-electron chi connectivity index (χ3n) is 3.78. The molecule has 7 heteroatoms. The summed E-state index contributed by atoms with van der Waals surface area (Å²) in [6.07, 6.45) is 0. The van der Waals surface area contributed by atoms with Crippen LogP contribution in [0, 0.1) is 18.3 Å². The van der Waals surface area contributed by atoms with Crippen LogP contribution in [0.4, 0.5) is 5.82 Å². The Bertz CT molecular complexity index is 648. The maximum atomic E-state index is 8.96. The average molecular weight is 271 g/mol. The van der Waals surface area contributed by atoms with Gasteiger partial charge in [-0.2, -0.15) is 9.78 Å². The van der Waals surface area contributed by atoms with Gasteiger partial charge in [0.15, 0.2) is 11.5 Å². The molecule has 1 fully saturated rings. The molecule has 0 amide bonds. The SMILES string of the molecule is Cc1nnc2ccc(N3CCN(C(C)C#N)CC3)nn12. The summed E-state index contributed by atoms with van der Waals surface area (Å²) in [5, 5.41) is 21.6. The first-order chi connectivity index (χ1) is 9.69. The lowest BCUT2D eigenvalue weighted by molar-refractivity contribution is 0.231. The molecule has 0 aromatic carbocycles. The van der Waals surface area contributed by atoms with E-state index in [0.29, 0.717) is 0 Å². The summed E-state index contributed by atoms with van der Waals surface area (Å²) in [6, 6.07) is 6.18. The van der Waals surface area contributed by atoms with Gasteiger partial charge in [-0.25, -0.2) is 0 Å². The minimum atomic E-state index is -0.0207. The van der Waals surface area contributed by atoms with Crippen molar-refractivity contribution >= 4 is 11.5 Å². The van der Waals surface area contributed by atoms with Gasteiger partial charge >= 0.3 is 0 Å². The van der Waals surface area contributed by atoms with Crippen LogP contribution in [0.2, 0.25) is 0 Å². The van der Waals surface area contributed by atoms with Crippen LogP contribution in [0.1, 0.15) is 12.7 Å². The van der Waals surface area contributed by atoms with E-state index in [1.165, 1.54) is 0 Å². The van der Waals surface area contributed by atoms with Gasteiger partial charge in [-0.1, -0.05) is 0 Å². The number of aromatic nitrogens is 4. The van der Waals surface area contributed by atoms with E-state index in [9.17, 15) is 0 Å². The molecule has 3 heterocycles. The van der Waals surface area contributed by atoms with Crippen LogP contribution >= 0.6 is 0 Å². The van der Waals surface area contributed by atoms with Crippen molar-refractivity contribution in [3.8, 4) is 6.07 Å². The lowest BCUT2D eigenvalue weighted by Crippen LogP contribution is -2.49. The van der Waals surface area contributed by atoms with E-state index in [1.807, 2.05) is 26.0 Å². The summed E-state index contributed by atoms with van der Waals surface area (Å²) in [5.74, 6) is 1.73. The number of nitrogens with zero attached hydrogens (tertiary/aromatic N) is 7. The van der Waals surface area contributed by atoms with Gasteiger partial charge in [0.25, 0.3) is 0 Å². The van der Waals surface area contributed by atoms with E-state index in [0.717, 1.165) is 43.5 Å². The van der Waals surface area contributed by atoms with Crippen molar-refractivity contribution in [1.82, 2.24) is 24.7 Å². The predicted molar refractivity (Wildman–Crippen MR) is 74.4 cm³/mol. The highest BCUT2D eigenvalue weighted by molar-refractivity contribution is 5.46. The van der Waals surface area contributed by atoms with E-state index < -0.39 is 0 Å². The Hall–Kier alpha value is -2.20. The summed E-state index contributed by atoms with van der Waals surface area (Å²) in [4.78, 5) is 4.43. The number of anilines is 1. The van der Waals surface area contributed by atoms with Gasteiger partial charge in [-0.3, -0.25) is 4.90 Å².